The highest BCUT2D eigenvalue weighted by Gasteiger charge is 2.22. The maximum absolute atomic E-state index is 11.0. The molecule has 1 aromatic carbocycles. The summed E-state index contributed by atoms with van der Waals surface area (Å²) in [5, 5.41) is 9.50. The Bertz CT molecular complexity index is 417. The second kappa shape index (κ2) is 3.83. The average molecular weight is 226 g/mol. The van der Waals surface area contributed by atoms with Crippen molar-refractivity contribution in [1.82, 2.24) is 0 Å². The zero-order valence-electron chi connectivity index (χ0n) is 8.16. The standard InChI is InChI=1S/C11H12ClNO2/c12-6-4-8-7(2-1-3-10(8)13)9(5-6)11(14)15/h4-5,10H,1-3,13H2,(H,14,15)/t10-/m1/s1. The van der Waals surface area contributed by atoms with Crippen molar-refractivity contribution in [3.8, 4) is 0 Å². The summed E-state index contributed by atoms with van der Waals surface area (Å²) in [6.45, 7) is 0. The zero-order chi connectivity index (χ0) is 11.0. The SMILES string of the molecule is N[C@@H]1CCCc2c(C(=O)O)cc(Cl)cc21. The fraction of sp³-hybridized carbons (Fsp3) is 0.364. The molecule has 1 aliphatic carbocycles. The molecule has 0 aromatic heterocycles. The minimum atomic E-state index is -0.928. The van der Waals surface area contributed by atoms with Gasteiger partial charge in [0.05, 0.1) is 5.56 Å². The highest BCUT2D eigenvalue weighted by molar-refractivity contribution is 6.31. The lowest BCUT2D eigenvalue weighted by molar-refractivity contribution is 0.0695. The fourth-order valence-electron chi connectivity index (χ4n) is 2.11. The van der Waals surface area contributed by atoms with Crippen molar-refractivity contribution in [3.05, 3.63) is 33.8 Å². The molecule has 0 unspecified atom stereocenters. The molecule has 0 spiro atoms. The number of fused-ring (bicyclic) bond motifs is 1. The average Bonchev–Trinajstić information content (AvgIpc) is 2.18. The molecule has 0 heterocycles. The molecule has 15 heavy (non-hydrogen) atoms. The lowest BCUT2D eigenvalue weighted by Gasteiger charge is -2.23. The summed E-state index contributed by atoms with van der Waals surface area (Å²) in [5.74, 6) is -0.928. The third kappa shape index (κ3) is 1.85. The molecule has 1 atom stereocenters. The van der Waals surface area contributed by atoms with Gasteiger partial charge in [0.2, 0.25) is 0 Å². The zero-order valence-corrected chi connectivity index (χ0v) is 8.92. The molecule has 0 radical (unpaired) electrons. The van der Waals surface area contributed by atoms with Gasteiger partial charge in [-0.25, -0.2) is 4.79 Å². The smallest absolute Gasteiger partial charge is 0.336 e. The number of benzene rings is 1. The van der Waals surface area contributed by atoms with Gasteiger partial charge in [-0.3, -0.25) is 0 Å². The number of hydrogen-bond donors (Lipinski definition) is 2. The van der Waals surface area contributed by atoms with Gasteiger partial charge < -0.3 is 10.8 Å². The third-order valence-corrected chi connectivity index (χ3v) is 3.04. The Morgan fingerprint density at radius 2 is 2.27 bits per heavy atom. The van der Waals surface area contributed by atoms with E-state index in [2.05, 4.69) is 0 Å². The quantitative estimate of drug-likeness (QED) is 0.771. The molecule has 0 saturated carbocycles. The molecule has 4 heteroatoms. The maximum Gasteiger partial charge on any atom is 0.336 e. The molecule has 0 fully saturated rings. The van der Waals surface area contributed by atoms with Crippen molar-refractivity contribution in [2.45, 2.75) is 25.3 Å². The Morgan fingerprint density at radius 3 is 2.93 bits per heavy atom. The molecule has 2 rings (SSSR count). The van der Waals surface area contributed by atoms with Crippen LogP contribution in [-0.4, -0.2) is 11.1 Å². The maximum atomic E-state index is 11.0. The van der Waals surface area contributed by atoms with E-state index in [0.717, 1.165) is 30.4 Å². The largest absolute Gasteiger partial charge is 0.478 e. The summed E-state index contributed by atoms with van der Waals surface area (Å²) in [6, 6.07) is 3.21. The molecule has 3 nitrogen and oxygen atoms in total. The minimum absolute atomic E-state index is 0.0782. The van der Waals surface area contributed by atoms with Crippen molar-refractivity contribution in [2.24, 2.45) is 5.73 Å². The number of carboxylic acids is 1. The van der Waals surface area contributed by atoms with Crippen LogP contribution in [0.25, 0.3) is 0 Å². The molecule has 0 bridgehead atoms. The van der Waals surface area contributed by atoms with Crippen LogP contribution < -0.4 is 5.73 Å². The number of nitrogens with two attached hydrogens (primary N) is 1. The Hall–Kier alpha value is -1.06. The molecule has 0 amide bonds. The van der Waals surface area contributed by atoms with Gasteiger partial charge >= 0.3 is 5.97 Å². The highest BCUT2D eigenvalue weighted by atomic mass is 35.5. The number of rotatable bonds is 1. The summed E-state index contributed by atoms with van der Waals surface area (Å²) in [4.78, 5) is 11.0. The first kappa shape index (κ1) is 10.5. The predicted octanol–water partition coefficient (Wildman–Crippen LogP) is 2.37. The van der Waals surface area contributed by atoms with E-state index >= 15 is 0 Å². The molecule has 0 aliphatic heterocycles. The van der Waals surface area contributed by atoms with E-state index in [9.17, 15) is 4.79 Å². The van der Waals surface area contributed by atoms with E-state index in [1.165, 1.54) is 6.07 Å². The number of hydrogen-bond acceptors (Lipinski definition) is 2. The van der Waals surface area contributed by atoms with Gasteiger partial charge in [0, 0.05) is 11.1 Å². The van der Waals surface area contributed by atoms with Gasteiger partial charge in [-0.15, -0.1) is 0 Å². The van der Waals surface area contributed by atoms with Crippen LogP contribution in [0.5, 0.6) is 0 Å². The number of aromatic carboxylic acids is 1. The van der Waals surface area contributed by atoms with Gasteiger partial charge in [0.25, 0.3) is 0 Å². The van der Waals surface area contributed by atoms with Crippen LogP contribution in [0.3, 0.4) is 0 Å². The van der Waals surface area contributed by atoms with Crippen molar-refractivity contribution in [1.29, 1.82) is 0 Å². The molecule has 0 saturated heterocycles. The van der Waals surface area contributed by atoms with Crippen molar-refractivity contribution in [2.75, 3.05) is 0 Å². The van der Waals surface area contributed by atoms with Gasteiger partial charge in [0.1, 0.15) is 0 Å². The van der Waals surface area contributed by atoms with Crippen molar-refractivity contribution < 1.29 is 9.90 Å². The van der Waals surface area contributed by atoms with E-state index < -0.39 is 5.97 Å². The lowest BCUT2D eigenvalue weighted by atomic mass is 9.85. The third-order valence-electron chi connectivity index (χ3n) is 2.82. The summed E-state index contributed by atoms with van der Waals surface area (Å²) in [5.41, 5.74) is 7.98. The van der Waals surface area contributed by atoms with Crippen LogP contribution in [0, 0.1) is 0 Å². The first-order chi connectivity index (χ1) is 7.09. The van der Waals surface area contributed by atoms with E-state index in [1.807, 2.05) is 0 Å². The summed E-state index contributed by atoms with van der Waals surface area (Å²) < 4.78 is 0. The van der Waals surface area contributed by atoms with Crippen LogP contribution in [-0.2, 0) is 6.42 Å². The first-order valence-electron chi connectivity index (χ1n) is 4.91. The number of halogens is 1. The van der Waals surface area contributed by atoms with Crippen LogP contribution in [0.1, 0.15) is 40.4 Å². The molecule has 1 aromatic rings. The number of carbonyl (C=O) groups is 1. The normalized spacial score (nSPS) is 19.7. The minimum Gasteiger partial charge on any atom is -0.478 e. The fourth-order valence-corrected chi connectivity index (χ4v) is 2.34. The Balaban J connectivity index is 2.62. The van der Waals surface area contributed by atoms with Crippen LogP contribution in [0.15, 0.2) is 12.1 Å². The van der Waals surface area contributed by atoms with E-state index in [1.54, 1.807) is 6.07 Å². The van der Waals surface area contributed by atoms with Gasteiger partial charge in [-0.05, 0) is 42.5 Å². The van der Waals surface area contributed by atoms with Gasteiger partial charge in [-0.2, -0.15) is 0 Å². The Labute approximate surface area is 92.8 Å². The predicted molar refractivity (Wildman–Crippen MR) is 58.3 cm³/mol. The van der Waals surface area contributed by atoms with E-state index in [-0.39, 0.29) is 6.04 Å². The molecule has 80 valence electrons. The monoisotopic (exact) mass is 225 g/mol. The summed E-state index contributed by atoms with van der Waals surface area (Å²) >= 11 is 5.87. The van der Waals surface area contributed by atoms with E-state index in [4.69, 9.17) is 22.4 Å². The second-order valence-electron chi connectivity index (χ2n) is 3.83. The van der Waals surface area contributed by atoms with E-state index in [0.29, 0.717) is 10.6 Å². The first-order valence-corrected chi connectivity index (χ1v) is 5.28. The van der Waals surface area contributed by atoms with Crippen LogP contribution in [0.2, 0.25) is 5.02 Å². The lowest BCUT2D eigenvalue weighted by Crippen LogP contribution is -2.20. The van der Waals surface area contributed by atoms with Crippen molar-refractivity contribution >= 4 is 17.6 Å². The molecule has 3 N–H and O–H groups in total. The Morgan fingerprint density at radius 1 is 1.53 bits per heavy atom. The topological polar surface area (TPSA) is 63.3 Å². The summed E-state index contributed by atoms with van der Waals surface area (Å²) in [6.07, 6.45) is 2.62. The van der Waals surface area contributed by atoms with Crippen LogP contribution >= 0.6 is 11.6 Å². The summed E-state index contributed by atoms with van der Waals surface area (Å²) in [7, 11) is 0. The molecular formula is C11H12ClNO2. The number of carboxylic acid groups (broad SMARTS) is 1. The van der Waals surface area contributed by atoms with Gasteiger partial charge in [0.15, 0.2) is 0 Å². The second-order valence-corrected chi connectivity index (χ2v) is 4.26. The Kier molecular flexibility index (Phi) is 2.67. The molecular weight excluding hydrogens is 214 g/mol. The van der Waals surface area contributed by atoms with Gasteiger partial charge in [-0.1, -0.05) is 11.6 Å². The highest BCUT2D eigenvalue weighted by Crippen LogP contribution is 2.32. The molecule has 1 aliphatic rings. The van der Waals surface area contributed by atoms with Crippen LogP contribution in [0.4, 0.5) is 0 Å². The van der Waals surface area contributed by atoms with Crippen molar-refractivity contribution in [3.63, 3.8) is 0 Å².